The molecule has 1 aliphatic rings. The van der Waals surface area contributed by atoms with E-state index < -0.39 is 6.16 Å². The molecule has 0 radical (unpaired) electrons. The molecule has 6 nitrogen and oxygen atoms in total. The van der Waals surface area contributed by atoms with Crippen LogP contribution in [-0.4, -0.2) is 31.9 Å². The third-order valence-electron chi connectivity index (χ3n) is 3.34. The molecule has 3 rings (SSSR count). The number of carboxylic acid groups (broad SMARTS) is 1. The van der Waals surface area contributed by atoms with Crippen molar-refractivity contribution in [3.8, 4) is 0 Å². The van der Waals surface area contributed by atoms with Crippen molar-refractivity contribution in [1.82, 2.24) is 14.5 Å². The van der Waals surface area contributed by atoms with Crippen LogP contribution in [-0.2, 0) is 4.74 Å². The van der Waals surface area contributed by atoms with Gasteiger partial charge in [0.25, 0.3) is 0 Å². The Morgan fingerprint density at radius 1 is 1.47 bits per heavy atom. The maximum absolute atomic E-state index is 10.5. The van der Waals surface area contributed by atoms with Crippen LogP contribution >= 0.6 is 0 Å². The van der Waals surface area contributed by atoms with Crippen molar-refractivity contribution >= 4 is 17.2 Å². The summed E-state index contributed by atoms with van der Waals surface area (Å²) in [6, 6.07) is 2.04. The molecule has 0 aromatic carbocycles. The van der Waals surface area contributed by atoms with Gasteiger partial charge in [-0.1, -0.05) is 6.08 Å². The van der Waals surface area contributed by atoms with Gasteiger partial charge in [-0.05, 0) is 19.1 Å². The van der Waals surface area contributed by atoms with E-state index in [9.17, 15) is 4.79 Å². The Morgan fingerprint density at radius 3 is 3.11 bits per heavy atom. The van der Waals surface area contributed by atoms with Crippen LogP contribution in [0.2, 0.25) is 0 Å². The maximum atomic E-state index is 10.5. The number of hydrogen-bond donors (Lipinski definition) is 1. The summed E-state index contributed by atoms with van der Waals surface area (Å²) in [4.78, 5) is 19.0. The largest absolute Gasteiger partial charge is 0.506 e. The van der Waals surface area contributed by atoms with Crippen molar-refractivity contribution in [1.29, 1.82) is 0 Å². The smallest absolute Gasteiger partial charge is 0.450 e. The average molecular weight is 259 g/mol. The molecular weight excluding hydrogens is 246 g/mol. The Morgan fingerprint density at radius 2 is 2.32 bits per heavy atom. The minimum absolute atomic E-state index is 0.0659. The van der Waals surface area contributed by atoms with Gasteiger partial charge < -0.3 is 14.4 Å². The van der Waals surface area contributed by atoms with Gasteiger partial charge >= 0.3 is 6.16 Å². The van der Waals surface area contributed by atoms with E-state index in [0.717, 1.165) is 16.7 Å². The Hall–Kier alpha value is -2.37. The normalized spacial score (nSPS) is 21.9. The van der Waals surface area contributed by atoms with Crippen LogP contribution in [0.4, 0.5) is 4.79 Å². The second-order valence-corrected chi connectivity index (χ2v) is 4.53. The number of allylic oxidation sites excluding steroid dienone is 1. The topological polar surface area (TPSA) is 77.2 Å². The fraction of sp³-hybridized carbons (Fsp3) is 0.308. The second kappa shape index (κ2) is 4.38. The van der Waals surface area contributed by atoms with Crippen LogP contribution in [0.5, 0.6) is 0 Å². The summed E-state index contributed by atoms with van der Waals surface area (Å²) in [5.74, 6) is 0. The first-order valence-corrected chi connectivity index (χ1v) is 6.01. The van der Waals surface area contributed by atoms with Gasteiger partial charge in [0.1, 0.15) is 18.1 Å². The number of fused-ring (bicyclic) bond motifs is 1. The van der Waals surface area contributed by atoms with Crippen molar-refractivity contribution in [3.63, 3.8) is 0 Å². The molecular formula is C13H13N3O3. The number of aryl methyl sites for hydroxylation is 1. The first-order chi connectivity index (χ1) is 9.15. The number of ether oxygens (including phenoxy) is 1. The first-order valence-electron chi connectivity index (χ1n) is 6.01. The van der Waals surface area contributed by atoms with E-state index in [-0.39, 0.29) is 12.1 Å². The summed E-state index contributed by atoms with van der Waals surface area (Å²) in [5, 5.41) is 9.63. The molecule has 0 bridgehead atoms. The lowest BCUT2D eigenvalue weighted by atomic mass is 10.2. The van der Waals surface area contributed by atoms with E-state index in [0.29, 0.717) is 6.42 Å². The van der Waals surface area contributed by atoms with Crippen molar-refractivity contribution < 1.29 is 14.6 Å². The Bertz CT molecular complexity index is 662. The van der Waals surface area contributed by atoms with E-state index in [1.54, 1.807) is 6.08 Å². The molecule has 0 fully saturated rings. The van der Waals surface area contributed by atoms with Gasteiger partial charge in [-0.25, -0.2) is 14.8 Å². The number of nitrogens with zero attached hydrogens (tertiary/aromatic N) is 3. The number of hydrogen-bond acceptors (Lipinski definition) is 4. The van der Waals surface area contributed by atoms with Crippen LogP contribution in [0.25, 0.3) is 11.0 Å². The third-order valence-corrected chi connectivity index (χ3v) is 3.34. The molecule has 2 aromatic heterocycles. The maximum Gasteiger partial charge on any atom is 0.506 e. The van der Waals surface area contributed by atoms with E-state index in [4.69, 9.17) is 9.84 Å². The summed E-state index contributed by atoms with van der Waals surface area (Å²) in [7, 11) is 0. The van der Waals surface area contributed by atoms with Gasteiger partial charge in [0.2, 0.25) is 0 Å². The predicted octanol–water partition coefficient (Wildman–Crippen LogP) is 2.30. The predicted molar refractivity (Wildman–Crippen MR) is 68.0 cm³/mol. The molecule has 0 aliphatic heterocycles. The molecule has 0 amide bonds. The Kier molecular flexibility index (Phi) is 2.70. The fourth-order valence-electron chi connectivity index (χ4n) is 2.44. The number of rotatable bonds is 2. The minimum atomic E-state index is -1.24. The summed E-state index contributed by atoms with van der Waals surface area (Å²) in [6.45, 7) is 1.94. The van der Waals surface area contributed by atoms with Crippen molar-refractivity contribution in [2.45, 2.75) is 25.5 Å². The lowest BCUT2D eigenvalue weighted by molar-refractivity contribution is 0.0667. The van der Waals surface area contributed by atoms with Gasteiger partial charge in [-0.15, -0.1) is 0 Å². The zero-order valence-electron chi connectivity index (χ0n) is 10.4. The molecule has 0 saturated carbocycles. The number of aromatic nitrogens is 3. The van der Waals surface area contributed by atoms with Gasteiger partial charge in [0.15, 0.2) is 0 Å². The molecule has 0 unspecified atom stereocenters. The van der Waals surface area contributed by atoms with E-state index >= 15 is 0 Å². The third kappa shape index (κ3) is 2.05. The van der Waals surface area contributed by atoms with Crippen LogP contribution in [0.1, 0.15) is 18.2 Å². The molecule has 2 aromatic rings. The molecule has 0 saturated heterocycles. The van der Waals surface area contributed by atoms with Crippen molar-refractivity contribution in [3.05, 3.63) is 36.4 Å². The lowest BCUT2D eigenvalue weighted by Crippen LogP contribution is -2.14. The summed E-state index contributed by atoms with van der Waals surface area (Å²) < 4.78 is 6.78. The van der Waals surface area contributed by atoms with Crippen LogP contribution in [0, 0.1) is 6.92 Å². The average Bonchev–Trinajstić information content (AvgIpc) is 2.95. The summed E-state index contributed by atoms with van der Waals surface area (Å²) in [5.41, 5.74) is 1.79. The Labute approximate surface area is 109 Å². The molecule has 98 valence electrons. The van der Waals surface area contributed by atoms with Crippen molar-refractivity contribution in [2.24, 2.45) is 0 Å². The Balaban J connectivity index is 1.89. The molecule has 2 heterocycles. The lowest BCUT2D eigenvalue weighted by Gasteiger charge is -2.14. The highest BCUT2D eigenvalue weighted by molar-refractivity contribution is 5.78. The van der Waals surface area contributed by atoms with Crippen LogP contribution < -0.4 is 0 Å². The van der Waals surface area contributed by atoms with E-state index in [1.165, 1.54) is 6.33 Å². The monoisotopic (exact) mass is 259 g/mol. The zero-order chi connectivity index (χ0) is 13.4. The highest BCUT2D eigenvalue weighted by atomic mass is 16.7. The molecule has 0 spiro atoms. The van der Waals surface area contributed by atoms with Crippen molar-refractivity contribution in [2.75, 3.05) is 0 Å². The van der Waals surface area contributed by atoms with E-state index in [2.05, 4.69) is 9.97 Å². The second-order valence-electron chi connectivity index (χ2n) is 4.53. The highest BCUT2D eigenvalue weighted by Crippen LogP contribution is 2.29. The quantitative estimate of drug-likeness (QED) is 0.661. The molecule has 1 N–H and O–H groups in total. The fourth-order valence-corrected chi connectivity index (χ4v) is 2.44. The van der Waals surface area contributed by atoms with Gasteiger partial charge in [0, 0.05) is 18.0 Å². The van der Waals surface area contributed by atoms with Crippen LogP contribution in [0.3, 0.4) is 0 Å². The molecule has 19 heavy (non-hydrogen) atoms. The summed E-state index contributed by atoms with van der Waals surface area (Å²) >= 11 is 0. The first kappa shape index (κ1) is 11.7. The SMILES string of the molecule is Cc1ncnc2c1ccn2[C@H]1C=C[C@@H](OC(=O)O)C1. The van der Waals surface area contributed by atoms with Gasteiger partial charge in [-0.2, -0.15) is 0 Å². The van der Waals surface area contributed by atoms with Crippen LogP contribution in [0.15, 0.2) is 30.7 Å². The minimum Gasteiger partial charge on any atom is -0.450 e. The number of carbonyl (C=O) groups is 1. The van der Waals surface area contributed by atoms with E-state index in [1.807, 2.05) is 29.8 Å². The van der Waals surface area contributed by atoms with Gasteiger partial charge in [0.05, 0.1) is 11.7 Å². The van der Waals surface area contributed by atoms with Gasteiger partial charge in [-0.3, -0.25) is 0 Å². The standard InChI is InChI=1S/C13H13N3O3/c1-8-11-4-5-16(12(11)15-7-14-8)9-2-3-10(6-9)19-13(17)18/h2-5,7,9-10H,6H2,1H3,(H,17,18)/t9-,10+/m0/s1. The molecule has 1 aliphatic carbocycles. The summed E-state index contributed by atoms with van der Waals surface area (Å²) in [6.07, 6.45) is 6.18. The molecule has 2 atom stereocenters. The highest BCUT2D eigenvalue weighted by Gasteiger charge is 2.24. The zero-order valence-corrected chi connectivity index (χ0v) is 10.4. The molecule has 6 heteroatoms.